The highest BCUT2D eigenvalue weighted by atomic mass is 35.5. The molecule has 0 aromatic heterocycles. The molecule has 4 heteroatoms. The number of ether oxygens (including phenoxy) is 1. The van der Waals surface area contributed by atoms with Gasteiger partial charge in [-0.2, -0.15) is 0 Å². The lowest BCUT2D eigenvalue weighted by molar-refractivity contribution is 0.141. The molecule has 0 heterocycles. The Labute approximate surface area is 114 Å². The molecule has 0 atom stereocenters. The number of halogens is 1. The highest BCUT2D eigenvalue weighted by Crippen LogP contribution is 2.39. The maximum absolute atomic E-state index is 6.09. The van der Waals surface area contributed by atoms with Crippen molar-refractivity contribution in [3.05, 3.63) is 28.8 Å². The number of nitrogens with one attached hydrogen (secondary N) is 1. The Hall–Kier alpha value is -0.770. The molecule has 1 aromatic rings. The summed E-state index contributed by atoms with van der Waals surface area (Å²) in [5.74, 6) is 0.720. The fourth-order valence-electron chi connectivity index (χ4n) is 2.42. The molecule has 0 saturated heterocycles. The van der Waals surface area contributed by atoms with Gasteiger partial charge < -0.3 is 15.8 Å². The molecule has 0 radical (unpaired) electrons. The normalized spacial score (nSPS) is 17.3. The van der Waals surface area contributed by atoms with Gasteiger partial charge in [0.15, 0.2) is 0 Å². The van der Waals surface area contributed by atoms with E-state index in [-0.39, 0.29) is 0 Å². The van der Waals surface area contributed by atoms with Crippen molar-refractivity contribution in [3.8, 4) is 5.75 Å². The zero-order chi connectivity index (χ0) is 13.0. The Bertz CT molecular complexity index is 399. The second kappa shape index (κ2) is 5.91. The van der Waals surface area contributed by atoms with Gasteiger partial charge in [0, 0.05) is 13.1 Å². The molecule has 100 valence electrons. The lowest BCUT2D eigenvalue weighted by atomic mass is 9.69. The summed E-state index contributed by atoms with van der Waals surface area (Å²) in [6.07, 6.45) is 3.81. The van der Waals surface area contributed by atoms with Crippen LogP contribution < -0.4 is 15.8 Å². The predicted molar refractivity (Wildman–Crippen MR) is 75.0 cm³/mol. The van der Waals surface area contributed by atoms with Gasteiger partial charge in [0.2, 0.25) is 0 Å². The van der Waals surface area contributed by atoms with Gasteiger partial charge in [-0.05, 0) is 42.5 Å². The zero-order valence-corrected chi connectivity index (χ0v) is 11.6. The lowest BCUT2D eigenvalue weighted by Crippen LogP contribution is -2.45. The average Bonchev–Trinajstić information content (AvgIpc) is 2.33. The van der Waals surface area contributed by atoms with E-state index in [1.54, 1.807) is 7.11 Å². The Morgan fingerprint density at radius 1 is 1.44 bits per heavy atom. The maximum atomic E-state index is 6.09. The van der Waals surface area contributed by atoms with E-state index < -0.39 is 0 Å². The van der Waals surface area contributed by atoms with E-state index in [0.29, 0.717) is 10.4 Å². The largest absolute Gasteiger partial charge is 0.495 e. The van der Waals surface area contributed by atoms with E-state index in [2.05, 4.69) is 5.32 Å². The molecule has 1 fully saturated rings. The molecule has 0 aliphatic heterocycles. The number of hydrogen-bond donors (Lipinski definition) is 2. The topological polar surface area (TPSA) is 47.3 Å². The van der Waals surface area contributed by atoms with Crippen LogP contribution in [0.3, 0.4) is 0 Å². The molecule has 1 saturated carbocycles. The van der Waals surface area contributed by atoms with Crippen molar-refractivity contribution >= 4 is 11.6 Å². The van der Waals surface area contributed by atoms with Crippen LogP contribution in [0.4, 0.5) is 0 Å². The third kappa shape index (κ3) is 2.97. The summed E-state index contributed by atoms with van der Waals surface area (Å²) in [6.45, 7) is 2.60. The van der Waals surface area contributed by atoms with Gasteiger partial charge in [-0.15, -0.1) is 0 Å². The van der Waals surface area contributed by atoms with Crippen LogP contribution in [0.1, 0.15) is 24.8 Å². The number of nitrogens with two attached hydrogens (primary N) is 1. The molecule has 3 nitrogen and oxygen atoms in total. The molecule has 0 spiro atoms. The van der Waals surface area contributed by atoms with E-state index in [1.807, 2.05) is 18.2 Å². The summed E-state index contributed by atoms with van der Waals surface area (Å²) in [4.78, 5) is 0. The summed E-state index contributed by atoms with van der Waals surface area (Å²) in [5.41, 5.74) is 7.35. The van der Waals surface area contributed by atoms with Crippen LogP contribution in [-0.4, -0.2) is 20.2 Å². The third-order valence-corrected chi connectivity index (χ3v) is 4.19. The maximum Gasteiger partial charge on any atom is 0.137 e. The highest BCUT2D eigenvalue weighted by molar-refractivity contribution is 6.32. The van der Waals surface area contributed by atoms with E-state index >= 15 is 0 Å². The molecule has 0 unspecified atom stereocenters. The zero-order valence-electron chi connectivity index (χ0n) is 10.8. The van der Waals surface area contributed by atoms with Crippen LogP contribution in [0.5, 0.6) is 5.75 Å². The number of rotatable bonds is 6. The minimum Gasteiger partial charge on any atom is -0.495 e. The first-order valence-electron chi connectivity index (χ1n) is 6.42. The fraction of sp³-hybridized carbons (Fsp3) is 0.571. The van der Waals surface area contributed by atoms with Crippen LogP contribution in [0, 0.1) is 5.41 Å². The van der Waals surface area contributed by atoms with Crippen molar-refractivity contribution < 1.29 is 4.74 Å². The first-order chi connectivity index (χ1) is 8.69. The van der Waals surface area contributed by atoms with Gasteiger partial charge in [-0.25, -0.2) is 0 Å². The van der Waals surface area contributed by atoms with Gasteiger partial charge >= 0.3 is 0 Å². The molecule has 3 N–H and O–H groups in total. The monoisotopic (exact) mass is 268 g/mol. The Kier molecular flexibility index (Phi) is 4.49. The number of hydrogen-bond acceptors (Lipinski definition) is 3. The lowest BCUT2D eigenvalue weighted by Gasteiger charge is -2.41. The molecular formula is C14H21ClN2O. The predicted octanol–water partition coefficient (Wildman–Crippen LogP) is 2.57. The van der Waals surface area contributed by atoms with Crippen LogP contribution in [0.15, 0.2) is 18.2 Å². The third-order valence-electron chi connectivity index (χ3n) is 3.89. The second-order valence-electron chi connectivity index (χ2n) is 5.13. The molecule has 1 aliphatic carbocycles. The van der Waals surface area contributed by atoms with E-state index in [4.69, 9.17) is 22.1 Å². The molecular weight excluding hydrogens is 248 g/mol. The van der Waals surface area contributed by atoms with Crippen molar-refractivity contribution in [2.75, 3.05) is 20.2 Å². The summed E-state index contributed by atoms with van der Waals surface area (Å²) >= 11 is 6.09. The van der Waals surface area contributed by atoms with Crippen molar-refractivity contribution in [3.63, 3.8) is 0 Å². The second-order valence-corrected chi connectivity index (χ2v) is 5.54. The van der Waals surface area contributed by atoms with Crippen molar-refractivity contribution in [1.82, 2.24) is 5.32 Å². The van der Waals surface area contributed by atoms with Crippen molar-refractivity contribution in [2.45, 2.75) is 25.8 Å². The van der Waals surface area contributed by atoms with E-state index in [9.17, 15) is 0 Å². The average molecular weight is 269 g/mol. The van der Waals surface area contributed by atoms with Gasteiger partial charge in [0.1, 0.15) is 5.75 Å². The van der Waals surface area contributed by atoms with Crippen LogP contribution >= 0.6 is 11.6 Å². The molecule has 1 aliphatic rings. The van der Waals surface area contributed by atoms with Crippen LogP contribution in [0.2, 0.25) is 5.02 Å². The summed E-state index contributed by atoms with van der Waals surface area (Å²) in [7, 11) is 1.63. The van der Waals surface area contributed by atoms with Crippen LogP contribution in [-0.2, 0) is 6.54 Å². The Morgan fingerprint density at radius 3 is 2.72 bits per heavy atom. The summed E-state index contributed by atoms with van der Waals surface area (Å²) in [6, 6.07) is 5.89. The first-order valence-corrected chi connectivity index (χ1v) is 6.80. The molecule has 0 bridgehead atoms. The van der Waals surface area contributed by atoms with Gasteiger partial charge in [-0.3, -0.25) is 0 Å². The van der Waals surface area contributed by atoms with Crippen molar-refractivity contribution in [2.24, 2.45) is 11.1 Å². The van der Waals surface area contributed by atoms with Crippen molar-refractivity contribution in [1.29, 1.82) is 0 Å². The van der Waals surface area contributed by atoms with E-state index in [0.717, 1.165) is 25.4 Å². The van der Waals surface area contributed by atoms with Gasteiger partial charge in [0.05, 0.1) is 12.1 Å². The summed E-state index contributed by atoms with van der Waals surface area (Å²) < 4.78 is 5.13. The smallest absolute Gasteiger partial charge is 0.137 e. The molecule has 1 aromatic carbocycles. The Morgan fingerprint density at radius 2 is 2.22 bits per heavy atom. The Balaban J connectivity index is 1.85. The van der Waals surface area contributed by atoms with E-state index in [1.165, 1.54) is 24.8 Å². The molecule has 0 amide bonds. The van der Waals surface area contributed by atoms with Gasteiger partial charge in [0.25, 0.3) is 0 Å². The molecule has 2 rings (SSSR count). The molecule has 18 heavy (non-hydrogen) atoms. The minimum atomic E-state index is 0.344. The fourth-order valence-corrected chi connectivity index (χ4v) is 2.70. The first kappa shape index (κ1) is 13.7. The summed E-state index contributed by atoms with van der Waals surface area (Å²) in [5, 5.41) is 4.14. The SMILES string of the molecule is COc1ccc(CNCC2(CN)CCC2)cc1Cl. The quantitative estimate of drug-likeness (QED) is 0.834. The van der Waals surface area contributed by atoms with Gasteiger partial charge in [-0.1, -0.05) is 24.1 Å². The number of benzene rings is 1. The highest BCUT2D eigenvalue weighted by Gasteiger charge is 2.34. The standard InChI is InChI=1S/C14H21ClN2O/c1-18-13-4-3-11(7-12(13)15)8-17-10-14(9-16)5-2-6-14/h3-4,7,17H,2,5-6,8-10,16H2,1H3. The number of methoxy groups -OCH3 is 1. The van der Waals surface area contributed by atoms with Crippen LogP contribution in [0.25, 0.3) is 0 Å². The minimum absolute atomic E-state index is 0.344.